The minimum atomic E-state index is 0.686. The van der Waals surface area contributed by atoms with Gasteiger partial charge in [0.2, 0.25) is 0 Å². The van der Waals surface area contributed by atoms with E-state index in [1.807, 2.05) is 39.3 Å². The van der Waals surface area contributed by atoms with Gasteiger partial charge in [0.25, 0.3) is 0 Å². The van der Waals surface area contributed by atoms with Crippen LogP contribution >= 0.6 is 0 Å². The van der Waals surface area contributed by atoms with Crippen LogP contribution in [0.3, 0.4) is 0 Å². The molecule has 0 aliphatic rings. The van der Waals surface area contributed by atoms with E-state index in [2.05, 4.69) is 20.4 Å². The van der Waals surface area contributed by atoms with Crippen molar-refractivity contribution in [1.82, 2.24) is 25.1 Å². The molecule has 0 radical (unpaired) electrons. The molecule has 5 heteroatoms. The van der Waals surface area contributed by atoms with Crippen LogP contribution in [0.1, 0.15) is 11.4 Å². The van der Waals surface area contributed by atoms with E-state index >= 15 is 0 Å². The predicted octanol–water partition coefficient (Wildman–Crippen LogP) is 0.905. The molecule has 0 fully saturated rings. The van der Waals surface area contributed by atoms with E-state index in [4.69, 9.17) is 0 Å². The number of aromatic nitrogens is 4. The molecule has 2 aromatic heterocycles. The van der Waals surface area contributed by atoms with Crippen LogP contribution in [0, 0.1) is 6.92 Å². The summed E-state index contributed by atoms with van der Waals surface area (Å²) in [5.74, 6) is 0.686. The summed E-state index contributed by atoms with van der Waals surface area (Å²) in [4.78, 5) is 8.84. The first-order chi connectivity index (χ1) is 7.69. The second kappa shape index (κ2) is 4.40. The van der Waals surface area contributed by atoms with Crippen molar-refractivity contribution in [2.45, 2.75) is 13.5 Å². The Morgan fingerprint density at radius 2 is 2.19 bits per heavy atom. The molecule has 1 N–H and O–H groups in total. The van der Waals surface area contributed by atoms with Crippen molar-refractivity contribution in [2.75, 3.05) is 7.05 Å². The third kappa shape index (κ3) is 2.25. The molecule has 0 amide bonds. The van der Waals surface area contributed by atoms with Crippen LogP contribution in [-0.2, 0) is 13.6 Å². The third-order valence-electron chi connectivity index (χ3n) is 2.21. The van der Waals surface area contributed by atoms with Crippen LogP contribution < -0.4 is 5.32 Å². The van der Waals surface area contributed by atoms with Gasteiger partial charge in [0.05, 0.1) is 5.69 Å². The number of hydrogen-bond donors (Lipinski definition) is 1. The van der Waals surface area contributed by atoms with Gasteiger partial charge in [0.15, 0.2) is 5.82 Å². The molecule has 0 spiro atoms. The fraction of sp³-hybridized carbons (Fsp3) is 0.364. The highest BCUT2D eigenvalue weighted by atomic mass is 15.3. The van der Waals surface area contributed by atoms with Gasteiger partial charge in [0, 0.05) is 25.5 Å². The molecule has 0 atom stereocenters. The Kier molecular flexibility index (Phi) is 2.96. The molecule has 2 heterocycles. The molecule has 5 nitrogen and oxygen atoms in total. The monoisotopic (exact) mass is 217 g/mol. The lowest BCUT2D eigenvalue weighted by atomic mass is 10.3. The summed E-state index contributed by atoms with van der Waals surface area (Å²) >= 11 is 0. The first kappa shape index (κ1) is 10.8. The molecule has 0 aromatic carbocycles. The second-order valence-corrected chi connectivity index (χ2v) is 3.73. The molecular formula is C11H15N5. The molecule has 0 saturated heterocycles. The van der Waals surface area contributed by atoms with Gasteiger partial charge in [-0.1, -0.05) is 0 Å². The Balaban J connectivity index is 2.40. The number of rotatable bonds is 3. The van der Waals surface area contributed by atoms with Crippen molar-refractivity contribution in [3.63, 3.8) is 0 Å². The van der Waals surface area contributed by atoms with Gasteiger partial charge in [-0.2, -0.15) is 5.10 Å². The number of nitrogens with one attached hydrogen (secondary N) is 1. The molecule has 84 valence electrons. The van der Waals surface area contributed by atoms with Crippen LogP contribution in [0.15, 0.2) is 18.3 Å². The lowest BCUT2D eigenvalue weighted by Crippen LogP contribution is -2.08. The van der Waals surface area contributed by atoms with Crippen molar-refractivity contribution in [2.24, 2.45) is 7.05 Å². The van der Waals surface area contributed by atoms with Gasteiger partial charge >= 0.3 is 0 Å². The average molecular weight is 217 g/mol. The van der Waals surface area contributed by atoms with Crippen molar-refractivity contribution >= 4 is 0 Å². The summed E-state index contributed by atoms with van der Waals surface area (Å²) in [5, 5.41) is 7.37. The van der Waals surface area contributed by atoms with Gasteiger partial charge in [-0.05, 0) is 26.1 Å². The van der Waals surface area contributed by atoms with Gasteiger partial charge in [-0.25, -0.2) is 9.97 Å². The summed E-state index contributed by atoms with van der Waals surface area (Å²) in [6.07, 6.45) is 1.89. The molecule has 16 heavy (non-hydrogen) atoms. The highest BCUT2D eigenvalue weighted by Crippen LogP contribution is 2.12. The first-order valence-electron chi connectivity index (χ1n) is 5.18. The van der Waals surface area contributed by atoms with Gasteiger partial charge in [-0.15, -0.1) is 0 Å². The maximum absolute atomic E-state index is 4.46. The molecule has 2 rings (SSSR count). The summed E-state index contributed by atoms with van der Waals surface area (Å²) in [7, 11) is 3.78. The van der Waals surface area contributed by atoms with Gasteiger partial charge in [0.1, 0.15) is 5.69 Å². The zero-order valence-corrected chi connectivity index (χ0v) is 9.73. The topological polar surface area (TPSA) is 55.6 Å². The standard InChI is InChI=1S/C11H15N5/c1-8-6-9(7-12-2)14-11(13-8)10-4-5-16(3)15-10/h4-6,12H,7H2,1-3H3. The molecule has 0 aliphatic heterocycles. The SMILES string of the molecule is CNCc1cc(C)nc(-c2ccn(C)n2)n1. The molecule has 0 saturated carbocycles. The van der Waals surface area contributed by atoms with E-state index in [9.17, 15) is 0 Å². The molecule has 0 bridgehead atoms. The van der Waals surface area contributed by atoms with Crippen LogP contribution in [0.2, 0.25) is 0 Å². The van der Waals surface area contributed by atoms with Crippen LogP contribution in [0.4, 0.5) is 0 Å². The minimum Gasteiger partial charge on any atom is -0.314 e. The lowest BCUT2D eigenvalue weighted by molar-refractivity contribution is 0.762. The van der Waals surface area contributed by atoms with Gasteiger partial charge in [-0.3, -0.25) is 4.68 Å². The summed E-state index contributed by atoms with van der Waals surface area (Å²) < 4.78 is 1.75. The second-order valence-electron chi connectivity index (χ2n) is 3.73. The number of nitrogens with zero attached hydrogens (tertiary/aromatic N) is 4. The Morgan fingerprint density at radius 3 is 2.81 bits per heavy atom. The highest BCUT2D eigenvalue weighted by Gasteiger charge is 2.06. The zero-order valence-electron chi connectivity index (χ0n) is 9.73. The Bertz CT molecular complexity index is 489. The third-order valence-corrected chi connectivity index (χ3v) is 2.21. The van der Waals surface area contributed by atoms with Gasteiger partial charge < -0.3 is 5.32 Å². The Morgan fingerprint density at radius 1 is 1.38 bits per heavy atom. The van der Waals surface area contributed by atoms with Crippen LogP contribution in [0.5, 0.6) is 0 Å². The molecule has 0 unspecified atom stereocenters. The average Bonchev–Trinajstić information content (AvgIpc) is 2.64. The fourth-order valence-electron chi connectivity index (χ4n) is 1.55. The van der Waals surface area contributed by atoms with Crippen molar-refractivity contribution in [1.29, 1.82) is 0 Å². The molecule has 2 aromatic rings. The summed E-state index contributed by atoms with van der Waals surface area (Å²) in [5.41, 5.74) is 2.75. The van der Waals surface area contributed by atoms with E-state index in [0.29, 0.717) is 5.82 Å². The maximum atomic E-state index is 4.46. The quantitative estimate of drug-likeness (QED) is 0.830. The van der Waals surface area contributed by atoms with E-state index in [-0.39, 0.29) is 0 Å². The zero-order chi connectivity index (χ0) is 11.5. The Labute approximate surface area is 94.5 Å². The first-order valence-corrected chi connectivity index (χ1v) is 5.18. The van der Waals surface area contributed by atoms with Crippen LogP contribution in [-0.4, -0.2) is 26.8 Å². The number of aryl methyl sites for hydroxylation is 2. The smallest absolute Gasteiger partial charge is 0.180 e. The van der Waals surface area contributed by atoms with Crippen LogP contribution in [0.25, 0.3) is 11.5 Å². The van der Waals surface area contributed by atoms with Crippen molar-refractivity contribution in [3.05, 3.63) is 29.7 Å². The normalized spacial score (nSPS) is 10.7. The lowest BCUT2D eigenvalue weighted by Gasteiger charge is -2.03. The molecule has 0 aliphatic carbocycles. The van der Waals surface area contributed by atoms with E-state index in [0.717, 1.165) is 23.6 Å². The summed E-state index contributed by atoms with van der Waals surface area (Å²) in [6, 6.07) is 3.89. The summed E-state index contributed by atoms with van der Waals surface area (Å²) in [6.45, 7) is 2.70. The maximum Gasteiger partial charge on any atom is 0.180 e. The number of hydrogen-bond acceptors (Lipinski definition) is 4. The Hall–Kier alpha value is -1.75. The van der Waals surface area contributed by atoms with E-state index in [1.165, 1.54) is 0 Å². The molecular weight excluding hydrogens is 202 g/mol. The fourth-order valence-corrected chi connectivity index (χ4v) is 1.55. The van der Waals surface area contributed by atoms with E-state index < -0.39 is 0 Å². The highest BCUT2D eigenvalue weighted by molar-refractivity contribution is 5.48. The minimum absolute atomic E-state index is 0.686. The van der Waals surface area contributed by atoms with Crippen molar-refractivity contribution < 1.29 is 0 Å². The predicted molar refractivity (Wildman–Crippen MR) is 61.7 cm³/mol. The van der Waals surface area contributed by atoms with Crippen molar-refractivity contribution in [3.8, 4) is 11.5 Å². The van der Waals surface area contributed by atoms with E-state index in [1.54, 1.807) is 4.68 Å². The largest absolute Gasteiger partial charge is 0.314 e.